The Morgan fingerprint density at radius 2 is 2.11 bits per heavy atom. The number of rotatable bonds is 1. The van der Waals surface area contributed by atoms with E-state index in [0.29, 0.717) is 12.5 Å². The molecule has 0 spiro atoms. The molecular weight excluding hydrogens is 114 g/mol. The van der Waals surface area contributed by atoms with Crippen LogP contribution in [0.4, 0.5) is 0 Å². The first-order chi connectivity index (χ1) is 4.36. The molecule has 1 radical (unpaired) electrons. The van der Waals surface area contributed by atoms with E-state index in [1.165, 1.54) is 12.8 Å². The van der Waals surface area contributed by atoms with Crippen molar-refractivity contribution in [3.63, 3.8) is 0 Å². The van der Waals surface area contributed by atoms with Gasteiger partial charge in [0, 0.05) is 6.42 Å². The van der Waals surface area contributed by atoms with Crippen molar-refractivity contribution < 1.29 is 4.79 Å². The summed E-state index contributed by atoms with van der Waals surface area (Å²) in [5.41, 5.74) is 0. The van der Waals surface area contributed by atoms with Gasteiger partial charge >= 0.3 is 0 Å². The van der Waals surface area contributed by atoms with Crippen LogP contribution in [0.5, 0.6) is 0 Å². The van der Waals surface area contributed by atoms with Gasteiger partial charge in [-0.1, -0.05) is 0 Å². The third kappa shape index (κ3) is 0.934. The highest BCUT2D eigenvalue weighted by atomic mass is 16.1. The Bertz CT molecular complexity index is 140. The average molecular weight is 124 g/mol. The zero-order valence-corrected chi connectivity index (χ0v) is 5.34. The Morgan fingerprint density at radius 3 is 2.56 bits per heavy atom. The van der Waals surface area contributed by atoms with Crippen molar-refractivity contribution in [2.75, 3.05) is 0 Å². The lowest BCUT2D eigenvalue weighted by molar-refractivity contribution is -0.119. The van der Waals surface area contributed by atoms with Crippen LogP contribution in [0.15, 0.2) is 0 Å². The van der Waals surface area contributed by atoms with Gasteiger partial charge in [-0.25, -0.2) is 5.32 Å². The summed E-state index contributed by atoms with van der Waals surface area (Å²) in [5.74, 6) is 0.920. The molecule has 1 heterocycles. The zero-order chi connectivity index (χ0) is 6.27. The van der Waals surface area contributed by atoms with Crippen LogP contribution < -0.4 is 5.32 Å². The molecule has 2 heteroatoms. The number of carbonyl (C=O) groups excluding carboxylic acids is 1. The van der Waals surface area contributed by atoms with Gasteiger partial charge in [-0.2, -0.15) is 0 Å². The van der Waals surface area contributed by atoms with Gasteiger partial charge in [0.2, 0.25) is 5.91 Å². The Hall–Kier alpha value is -0.530. The topological polar surface area (TPSA) is 31.2 Å². The monoisotopic (exact) mass is 124 g/mol. The van der Waals surface area contributed by atoms with Crippen LogP contribution in [0.3, 0.4) is 0 Å². The SMILES string of the molecule is O=C1CCC(C2CC2)[N]1. The van der Waals surface area contributed by atoms with Crippen molar-refractivity contribution in [3.8, 4) is 0 Å². The Balaban J connectivity index is 1.92. The Kier molecular flexibility index (Phi) is 1.01. The van der Waals surface area contributed by atoms with Gasteiger partial charge in [-0.15, -0.1) is 0 Å². The standard InChI is InChI=1S/C7H10NO/c9-7-4-3-6(8-7)5-1-2-5/h5-6H,1-4H2. The summed E-state index contributed by atoms with van der Waals surface area (Å²) < 4.78 is 0. The molecular formula is C7H10NO. The third-order valence-electron chi connectivity index (χ3n) is 2.13. The maximum Gasteiger partial charge on any atom is 0.241 e. The second kappa shape index (κ2) is 1.72. The fourth-order valence-corrected chi connectivity index (χ4v) is 1.41. The molecule has 0 bridgehead atoms. The largest absolute Gasteiger partial charge is 0.273 e. The fourth-order valence-electron chi connectivity index (χ4n) is 1.41. The molecule has 1 aliphatic heterocycles. The van der Waals surface area contributed by atoms with Crippen molar-refractivity contribution in [3.05, 3.63) is 0 Å². The predicted molar refractivity (Wildman–Crippen MR) is 32.9 cm³/mol. The molecule has 9 heavy (non-hydrogen) atoms. The highest BCUT2D eigenvalue weighted by Crippen LogP contribution is 2.36. The molecule has 0 N–H and O–H groups in total. The van der Waals surface area contributed by atoms with Crippen molar-refractivity contribution >= 4 is 5.91 Å². The highest BCUT2D eigenvalue weighted by molar-refractivity contribution is 5.78. The van der Waals surface area contributed by atoms with Gasteiger partial charge in [-0.05, 0) is 25.2 Å². The Labute approximate surface area is 54.6 Å². The second-order valence-electron chi connectivity index (χ2n) is 2.97. The van der Waals surface area contributed by atoms with Gasteiger partial charge in [0.05, 0.1) is 6.04 Å². The minimum Gasteiger partial charge on any atom is -0.273 e. The number of hydrogen-bond acceptors (Lipinski definition) is 1. The van der Waals surface area contributed by atoms with E-state index in [9.17, 15) is 4.79 Å². The third-order valence-corrected chi connectivity index (χ3v) is 2.13. The van der Waals surface area contributed by atoms with E-state index in [1.54, 1.807) is 0 Å². The van der Waals surface area contributed by atoms with E-state index >= 15 is 0 Å². The molecule has 1 aliphatic carbocycles. The van der Waals surface area contributed by atoms with E-state index in [2.05, 4.69) is 5.32 Å². The molecule has 0 aromatic carbocycles. The Morgan fingerprint density at radius 1 is 1.33 bits per heavy atom. The van der Waals surface area contributed by atoms with E-state index in [1.807, 2.05) is 0 Å². The van der Waals surface area contributed by atoms with Crippen LogP contribution in [0.2, 0.25) is 0 Å². The maximum atomic E-state index is 10.6. The number of nitrogens with zero attached hydrogens (tertiary/aromatic N) is 1. The minimum atomic E-state index is 0.131. The fraction of sp³-hybridized carbons (Fsp3) is 0.857. The van der Waals surface area contributed by atoms with Crippen molar-refractivity contribution in [1.82, 2.24) is 5.32 Å². The van der Waals surface area contributed by atoms with E-state index in [0.717, 1.165) is 12.3 Å². The molecule has 0 aromatic rings. The van der Waals surface area contributed by atoms with Crippen LogP contribution in [-0.4, -0.2) is 11.9 Å². The van der Waals surface area contributed by atoms with E-state index in [4.69, 9.17) is 0 Å². The van der Waals surface area contributed by atoms with Gasteiger partial charge in [0.15, 0.2) is 0 Å². The van der Waals surface area contributed by atoms with Crippen LogP contribution in [0.1, 0.15) is 25.7 Å². The summed E-state index contributed by atoms with van der Waals surface area (Å²) in [5, 5.41) is 4.01. The molecule has 2 aliphatic rings. The molecule has 1 saturated heterocycles. The molecule has 1 unspecified atom stereocenters. The molecule has 1 saturated carbocycles. The minimum absolute atomic E-state index is 0.131. The van der Waals surface area contributed by atoms with Crippen LogP contribution in [0, 0.1) is 5.92 Å². The molecule has 2 rings (SSSR count). The zero-order valence-electron chi connectivity index (χ0n) is 5.34. The molecule has 1 atom stereocenters. The quantitative estimate of drug-likeness (QED) is 0.506. The van der Waals surface area contributed by atoms with Gasteiger partial charge in [0.1, 0.15) is 0 Å². The predicted octanol–water partition coefficient (Wildman–Crippen LogP) is 0.690. The lowest BCUT2D eigenvalue weighted by atomic mass is 10.1. The second-order valence-corrected chi connectivity index (χ2v) is 2.97. The van der Waals surface area contributed by atoms with Crippen LogP contribution in [-0.2, 0) is 4.79 Å². The number of carbonyl (C=O) groups is 1. The summed E-state index contributed by atoms with van der Waals surface area (Å²) >= 11 is 0. The molecule has 0 aromatic heterocycles. The lowest BCUT2D eigenvalue weighted by Crippen LogP contribution is -2.18. The normalized spacial score (nSPS) is 34.7. The summed E-state index contributed by atoms with van der Waals surface area (Å²) in [6.45, 7) is 0. The van der Waals surface area contributed by atoms with E-state index in [-0.39, 0.29) is 5.91 Å². The first kappa shape index (κ1) is 5.27. The summed E-state index contributed by atoms with van der Waals surface area (Å²) in [4.78, 5) is 10.6. The smallest absolute Gasteiger partial charge is 0.241 e. The van der Waals surface area contributed by atoms with Gasteiger partial charge in [-0.3, -0.25) is 4.79 Å². The van der Waals surface area contributed by atoms with Crippen LogP contribution >= 0.6 is 0 Å². The molecule has 49 valence electrons. The van der Waals surface area contributed by atoms with Crippen molar-refractivity contribution in [2.24, 2.45) is 5.92 Å². The molecule has 2 fully saturated rings. The van der Waals surface area contributed by atoms with E-state index < -0.39 is 0 Å². The first-order valence-electron chi connectivity index (χ1n) is 3.60. The lowest BCUT2D eigenvalue weighted by Gasteiger charge is -2.01. The number of amides is 1. The van der Waals surface area contributed by atoms with Crippen molar-refractivity contribution in [2.45, 2.75) is 31.7 Å². The summed E-state index contributed by atoms with van der Waals surface area (Å²) in [6, 6.07) is 0.428. The van der Waals surface area contributed by atoms with Gasteiger partial charge < -0.3 is 0 Å². The van der Waals surface area contributed by atoms with Gasteiger partial charge in [0.25, 0.3) is 0 Å². The summed E-state index contributed by atoms with van der Waals surface area (Å²) in [7, 11) is 0. The van der Waals surface area contributed by atoms with Crippen molar-refractivity contribution in [1.29, 1.82) is 0 Å². The number of hydrogen-bond donors (Lipinski definition) is 0. The average Bonchev–Trinajstić information content (AvgIpc) is 2.58. The first-order valence-corrected chi connectivity index (χ1v) is 3.60. The van der Waals surface area contributed by atoms with Crippen LogP contribution in [0.25, 0.3) is 0 Å². The highest BCUT2D eigenvalue weighted by Gasteiger charge is 2.36. The summed E-state index contributed by atoms with van der Waals surface area (Å²) in [6.07, 6.45) is 4.35. The maximum absolute atomic E-state index is 10.6. The molecule has 1 amide bonds. The molecule has 2 nitrogen and oxygen atoms in total.